The first-order valence-electron chi connectivity index (χ1n) is 3.44. The maximum atomic E-state index is 12.3. The van der Waals surface area contributed by atoms with E-state index in [4.69, 9.17) is 23.2 Å². The van der Waals surface area contributed by atoms with Gasteiger partial charge in [-0.15, -0.1) is 0 Å². The minimum absolute atomic E-state index is 0.0109. The quantitative estimate of drug-likeness (QED) is 0.738. The van der Waals surface area contributed by atoms with Gasteiger partial charge in [0.05, 0.1) is 0 Å². The van der Waals surface area contributed by atoms with E-state index in [2.05, 4.69) is 15.0 Å². The average Bonchev–Trinajstić information content (AvgIpc) is 2.47. The highest BCUT2D eigenvalue weighted by Crippen LogP contribution is 2.35. The molecule has 0 amide bonds. The molecule has 2 aromatic heterocycles. The van der Waals surface area contributed by atoms with Crippen LogP contribution in [0, 0.1) is 0 Å². The Hall–Kier alpha value is -0.660. The first-order valence-corrected chi connectivity index (χ1v) is 5.02. The predicted molar refractivity (Wildman–Crippen MR) is 50.2 cm³/mol. The molecule has 0 saturated heterocycles. The molecule has 0 aliphatic carbocycles. The number of aromatic nitrogens is 3. The first kappa shape index (κ1) is 10.8. The van der Waals surface area contributed by atoms with Crippen molar-refractivity contribution in [2.75, 3.05) is 0 Å². The van der Waals surface area contributed by atoms with Gasteiger partial charge in [0.1, 0.15) is 0 Å². The number of rotatable bonds is 0. The lowest BCUT2D eigenvalue weighted by Crippen LogP contribution is -2.03. The molecule has 0 aliphatic heterocycles. The van der Waals surface area contributed by atoms with Gasteiger partial charge in [-0.25, -0.2) is 15.0 Å². The number of halogens is 5. The number of fused-ring (bicyclic) bond motifs is 1. The molecule has 80 valence electrons. The van der Waals surface area contributed by atoms with Crippen molar-refractivity contribution in [1.82, 2.24) is 15.0 Å². The molecule has 0 fully saturated rings. The standard InChI is InChI=1S/C6Cl2F3N3S/c7-1-2(8)13-4-3(12-1)14-5(15-4)6(9,10)11. The molecule has 0 N–H and O–H groups in total. The van der Waals surface area contributed by atoms with Gasteiger partial charge in [-0.1, -0.05) is 34.5 Å². The zero-order chi connectivity index (χ0) is 11.2. The van der Waals surface area contributed by atoms with E-state index in [0.717, 1.165) is 0 Å². The van der Waals surface area contributed by atoms with Gasteiger partial charge < -0.3 is 0 Å². The molecule has 0 aromatic carbocycles. The van der Waals surface area contributed by atoms with Crippen LogP contribution in [0.15, 0.2) is 0 Å². The molecule has 0 radical (unpaired) electrons. The van der Waals surface area contributed by atoms with E-state index in [9.17, 15) is 13.2 Å². The van der Waals surface area contributed by atoms with Gasteiger partial charge >= 0.3 is 6.18 Å². The molecule has 2 heterocycles. The number of hydrogen-bond donors (Lipinski definition) is 0. The Morgan fingerprint density at radius 3 is 2.20 bits per heavy atom. The van der Waals surface area contributed by atoms with Crippen LogP contribution in [0.2, 0.25) is 10.3 Å². The van der Waals surface area contributed by atoms with Crippen molar-refractivity contribution in [2.24, 2.45) is 0 Å². The second kappa shape index (κ2) is 3.43. The van der Waals surface area contributed by atoms with Crippen molar-refractivity contribution in [3.05, 3.63) is 15.3 Å². The second-order valence-corrected chi connectivity index (χ2v) is 4.14. The summed E-state index contributed by atoms with van der Waals surface area (Å²) in [4.78, 5) is 10.5. The third kappa shape index (κ3) is 1.99. The molecule has 0 atom stereocenters. The summed E-state index contributed by atoms with van der Waals surface area (Å²) in [5, 5.41) is -1.32. The third-order valence-corrected chi connectivity index (χ3v) is 3.02. The van der Waals surface area contributed by atoms with Crippen molar-refractivity contribution >= 4 is 45.0 Å². The van der Waals surface area contributed by atoms with Crippen molar-refractivity contribution in [2.45, 2.75) is 6.18 Å². The lowest BCUT2D eigenvalue weighted by Gasteiger charge is -1.97. The van der Waals surface area contributed by atoms with Gasteiger partial charge in [-0.05, 0) is 0 Å². The monoisotopic (exact) mass is 273 g/mol. The van der Waals surface area contributed by atoms with Crippen LogP contribution in [-0.4, -0.2) is 15.0 Å². The number of hydrogen-bond acceptors (Lipinski definition) is 4. The van der Waals surface area contributed by atoms with Crippen LogP contribution in [0.25, 0.3) is 10.5 Å². The zero-order valence-electron chi connectivity index (χ0n) is 6.64. The van der Waals surface area contributed by atoms with Crippen LogP contribution in [-0.2, 0) is 6.18 Å². The van der Waals surface area contributed by atoms with Crippen LogP contribution in [0.3, 0.4) is 0 Å². The van der Waals surface area contributed by atoms with Gasteiger partial charge in [-0.3, -0.25) is 0 Å². The van der Waals surface area contributed by atoms with Crippen LogP contribution in [0.1, 0.15) is 5.01 Å². The topological polar surface area (TPSA) is 38.7 Å². The Bertz CT molecular complexity index is 485. The summed E-state index contributed by atoms with van der Waals surface area (Å²) in [5.41, 5.74) is -0.151. The second-order valence-electron chi connectivity index (χ2n) is 2.45. The lowest BCUT2D eigenvalue weighted by molar-refractivity contribution is -0.137. The minimum atomic E-state index is -4.51. The Morgan fingerprint density at radius 1 is 1.00 bits per heavy atom. The highest BCUT2D eigenvalue weighted by Gasteiger charge is 2.35. The fourth-order valence-electron chi connectivity index (χ4n) is 0.845. The highest BCUT2D eigenvalue weighted by atomic mass is 35.5. The van der Waals surface area contributed by atoms with Crippen molar-refractivity contribution < 1.29 is 13.2 Å². The van der Waals surface area contributed by atoms with Crippen LogP contribution in [0.5, 0.6) is 0 Å². The van der Waals surface area contributed by atoms with Crippen molar-refractivity contribution in [3.8, 4) is 0 Å². The molecule has 3 nitrogen and oxygen atoms in total. The van der Waals surface area contributed by atoms with Crippen molar-refractivity contribution in [1.29, 1.82) is 0 Å². The maximum Gasteiger partial charge on any atom is 0.443 e. The van der Waals surface area contributed by atoms with E-state index in [1.54, 1.807) is 0 Å². The smallest absolute Gasteiger partial charge is 0.218 e. The number of thiazole rings is 1. The van der Waals surface area contributed by atoms with E-state index in [-0.39, 0.29) is 20.8 Å². The molecule has 2 rings (SSSR count). The summed E-state index contributed by atoms with van der Waals surface area (Å²) in [6, 6.07) is 0. The summed E-state index contributed by atoms with van der Waals surface area (Å²) >= 11 is 11.4. The van der Waals surface area contributed by atoms with E-state index in [1.807, 2.05) is 0 Å². The normalized spacial score (nSPS) is 12.3. The van der Waals surface area contributed by atoms with E-state index >= 15 is 0 Å². The van der Waals surface area contributed by atoms with Crippen LogP contribution < -0.4 is 0 Å². The Morgan fingerprint density at radius 2 is 1.60 bits per heavy atom. The van der Waals surface area contributed by atoms with Gasteiger partial charge in [0.25, 0.3) is 0 Å². The molecule has 0 saturated carbocycles. The minimum Gasteiger partial charge on any atom is -0.218 e. The molecule has 0 bridgehead atoms. The Labute approximate surface area is 94.9 Å². The molecule has 15 heavy (non-hydrogen) atoms. The molecule has 0 spiro atoms. The number of nitrogens with zero attached hydrogens (tertiary/aromatic N) is 3. The molecular formula is C6Cl2F3N3S. The highest BCUT2D eigenvalue weighted by molar-refractivity contribution is 7.18. The average molecular weight is 274 g/mol. The Kier molecular flexibility index (Phi) is 2.48. The van der Waals surface area contributed by atoms with E-state index < -0.39 is 11.2 Å². The summed E-state index contributed by atoms with van der Waals surface area (Å²) in [5.74, 6) is 0. The van der Waals surface area contributed by atoms with Gasteiger partial charge in [-0.2, -0.15) is 13.2 Å². The van der Waals surface area contributed by atoms with Gasteiger partial charge in [0, 0.05) is 0 Å². The van der Waals surface area contributed by atoms with E-state index in [0.29, 0.717) is 11.3 Å². The van der Waals surface area contributed by atoms with Gasteiger partial charge in [0.15, 0.2) is 20.8 Å². The third-order valence-electron chi connectivity index (χ3n) is 1.41. The van der Waals surface area contributed by atoms with Crippen LogP contribution >= 0.6 is 34.5 Å². The Balaban J connectivity index is 2.66. The van der Waals surface area contributed by atoms with Crippen LogP contribution in [0.4, 0.5) is 13.2 Å². The summed E-state index contributed by atoms with van der Waals surface area (Å²) < 4.78 is 36.8. The maximum absolute atomic E-state index is 12.3. The van der Waals surface area contributed by atoms with Gasteiger partial charge in [0.2, 0.25) is 5.01 Å². The number of alkyl halides is 3. The summed E-state index contributed by atoms with van der Waals surface area (Å²) in [6.07, 6.45) is -4.51. The zero-order valence-corrected chi connectivity index (χ0v) is 8.97. The fourth-order valence-corrected chi connectivity index (χ4v) is 1.90. The molecule has 0 unspecified atom stereocenters. The molecule has 0 aliphatic rings. The largest absolute Gasteiger partial charge is 0.443 e. The summed E-state index contributed by atoms with van der Waals surface area (Å²) in [7, 11) is 0. The molecule has 9 heteroatoms. The van der Waals surface area contributed by atoms with E-state index in [1.165, 1.54) is 0 Å². The lowest BCUT2D eigenvalue weighted by atomic mass is 10.6. The SMILES string of the molecule is FC(F)(F)c1nc2nc(Cl)c(Cl)nc2s1. The predicted octanol–water partition coefficient (Wildman–Crippen LogP) is 3.41. The van der Waals surface area contributed by atoms with Crippen molar-refractivity contribution in [3.63, 3.8) is 0 Å². The fraction of sp³-hybridized carbons (Fsp3) is 0.167. The summed E-state index contributed by atoms with van der Waals surface area (Å²) in [6.45, 7) is 0. The molecule has 2 aromatic rings. The first-order chi connectivity index (χ1) is 6.88. The molecular weight excluding hydrogens is 274 g/mol.